The fraction of sp³-hybridized carbons (Fsp3) is 0.524. The molecule has 4 nitrogen and oxygen atoms in total. The van der Waals surface area contributed by atoms with Crippen molar-refractivity contribution in [2.75, 3.05) is 11.4 Å². The Kier molecular flexibility index (Phi) is 5.26. The van der Waals surface area contributed by atoms with Gasteiger partial charge >= 0.3 is 0 Å². The average molecular weight is 338 g/mol. The van der Waals surface area contributed by atoms with Crippen LogP contribution in [0.2, 0.25) is 0 Å². The van der Waals surface area contributed by atoms with E-state index in [-0.39, 0.29) is 0 Å². The highest BCUT2D eigenvalue weighted by atomic mass is 15.4. The predicted molar refractivity (Wildman–Crippen MR) is 105 cm³/mol. The standard InChI is InChI=1S/C21H30N4/c1-6-9-17(10-7-2)20-18-11-8-12-25(21(18)23-24(20)5)19-14-22-16(4)13-15(19)3/h9,13-14H,6-8,10-12H2,1-5H3/b17-9+. The Morgan fingerprint density at radius 3 is 2.76 bits per heavy atom. The number of pyridine rings is 1. The Bertz CT molecular complexity index is 785. The molecule has 0 radical (unpaired) electrons. The second-order valence-corrected chi connectivity index (χ2v) is 7.03. The van der Waals surface area contributed by atoms with Crippen LogP contribution >= 0.6 is 0 Å². The Balaban J connectivity index is 2.09. The van der Waals surface area contributed by atoms with Gasteiger partial charge in [0, 0.05) is 24.8 Å². The first kappa shape index (κ1) is 17.7. The van der Waals surface area contributed by atoms with E-state index in [4.69, 9.17) is 5.10 Å². The van der Waals surface area contributed by atoms with Crippen LogP contribution in [0.25, 0.3) is 5.57 Å². The summed E-state index contributed by atoms with van der Waals surface area (Å²) in [5, 5.41) is 4.93. The first-order valence-corrected chi connectivity index (χ1v) is 9.52. The topological polar surface area (TPSA) is 34.0 Å². The number of nitrogens with zero attached hydrogens (tertiary/aromatic N) is 4. The maximum Gasteiger partial charge on any atom is 0.158 e. The van der Waals surface area contributed by atoms with Gasteiger partial charge in [0.2, 0.25) is 0 Å². The molecule has 0 fully saturated rings. The number of fused-ring (bicyclic) bond motifs is 1. The number of anilines is 2. The van der Waals surface area contributed by atoms with Gasteiger partial charge in [-0.05, 0) is 56.7 Å². The molecular weight excluding hydrogens is 308 g/mol. The Morgan fingerprint density at radius 1 is 1.28 bits per heavy atom. The summed E-state index contributed by atoms with van der Waals surface area (Å²) in [6, 6.07) is 2.16. The minimum Gasteiger partial charge on any atom is -0.323 e. The van der Waals surface area contributed by atoms with Crippen LogP contribution in [-0.2, 0) is 13.5 Å². The molecule has 4 heteroatoms. The molecule has 0 atom stereocenters. The van der Waals surface area contributed by atoms with E-state index in [0.717, 1.165) is 50.2 Å². The third kappa shape index (κ3) is 3.35. The average Bonchev–Trinajstić information content (AvgIpc) is 2.91. The van der Waals surface area contributed by atoms with Crippen molar-refractivity contribution in [3.05, 3.63) is 40.9 Å². The molecule has 25 heavy (non-hydrogen) atoms. The summed E-state index contributed by atoms with van der Waals surface area (Å²) in [5.41, 5.74) is 7.71. The second kappa shape index (κ2) is 7.42. The molecule has 1 aliphatic heterocycles. The molecule has 0 aliphatic carbocycles. The van der Waals surface area contributed by atoms with E-state index in [9.17, 15) is 0 Å². The van der Waals surface area contributed by atoms with Gasteiger partial charge in [-0.3, -0.25) is 9.67 Å². The van der Waals surface area contributed by atoms with Crippen molar-refractivity contribution in [2.45, 2.75) is 59.8 Å². The monoisotopic (exact) mass is 338 g/mol. The Labute approximate surface area is 151 Å². The van der Waals surface area contributed by atoms with Crippen LogP contribution < -0.4 is 4.90 Å². The van der Waals surface area contributed by atoms with Crippen molar-refractivity contribution >= 4 is 17.1 Å². The molecule has 1 aliphatic rings. The van der Waals surface area contributed by atoms with Gasteiger partial charge < -0.3 is 4.90 Å². The molecule has 134 valence electrons. The van der Waals surface area contributed by atoms with E-state index in [1.54, 1.807) is 0 Å². The zero-order valence-corrected chi connectivity index (χ0v) is 16.3. The fourth-order valence-corrected chi connectivity index (χ4v) is 3.96. The molecule has 0 unspecified atom stereocenters. The molecule has 0 N–H and O–H groups in total. The summed E-state index contributed by atoms with van der Waals surface area (Å²) < 4.78 is 2.09. The molecular formula is C21H30N4. The highest BCUT2D eigenvalue weighted by Gasteiger charge is 2.27. The first-order chi connectivity index (χ1) is 12.1. The number of hydrogen-bond donors (Lipinski definition) is 0. The molecule has 2 aromatic rings. The largest absolute Gasteiger partial charge is 0.323 e. The second-order valence-electron chi connectivity index (χ2n) is 7.03. The van der Waals surface area contributed by atoms with Crippen LogP contribution in [0.3, 0.4) is 0 Å². The number of rotatable bonds is 5. The van der Waals surface area contributed by atoms with Crippen LogP contribution in [0.5, 0.6) is 0 Å². The van der Waals surface area contributed by atoms with Crippen molar-refractivity contribution < 1.29 is 0 Å². The summed E-state index contributed by atoms with van der Waals surface area (Å²) in [4.78, 5) is 6.88. The molecule has 0 saturated heterocycles. The smallest absolute Gasteiger partial charge is 0.158 e. The number of allylic oxidation sites excluding steroid dienone is 2. The van der Waals surface area contributed by atoms with Gasteiger partial charge in [-0.2, -0.15) is 5.10 Å². The Hall–Kier alpha value is -2.10. The minimum atomic E-state index is 1.01. The summed E-state index contributed by atoms with van der Waals surface area (Å²) >= 11 is 0. The van der Waals surface area contributed by atoms with Gasteiger partial charge in [-0.1, -0.05) is 26.3 Å². The van der Waals surface area contributed by atoms with Crippen LogP contribution in [0.1, 0.15) is 62.0 Å². The minimum absolute atomic E-state index is 1.01. The van der Waals surface area contributed by atoms with Gasteiger partial charge in [0.15, 0.2) is 5.82 Å². The third-order valence-electron chi connectivity index (χ3n) is 4.97. The van der Waals surface area contributed by atoms with Gasteiger partial charge in [-0.25, -0.2) is 0 Å². The van der Waals surface area contributed by atoms with E-state index in [1.807, 2.05) is 13.1 Å². The molecule has 0 bridgehead atoms. The van der Waals surface area contributed by atoms with E-state index in [2.05, 4.69) is 54.5 Å². The maximum atomic E-state index is 4.93. The van der Waals surface area contributed by atoms with Crippen molar-refractivity contribution in [3.8, 4) is 0 Å². The zero-order valence-electron chi connectivity index (χ0n) is 16.3. The molecule has 0 aromatic carbocycles. The number of aromatic nitrogens is 3. The fourth-order valence-electron chi connectivity index (χ4n) is 3.96. The maximum absolute atomic E-state index is 4.93. The van der Waals surface area contributed by atoms with Crippen molar-refractivity contribution in [1.82, 2.24) is 14.8 Å². The van der Waals surface area contributed by atoms with E-state index < -0.39 is 0 Å². The van der Waals surface area contributed by atoms with Crippen LogP contribution in [0.4, 0.5) is 11.5 Å². The van der Waals surface area contributed by atoms with Crippen molar-refractivity contribution in [1.29, 1.82) is 0 Å². The molecule has 3 heterocycles. The van der Waals surface area contributed by atoms with Crippen LogP contribution in [0, 0.1) is 13.8 Å². The Morgan fingerprint density at radius 2 is 2.08 bits per heavy atom. The summed E-state index contributed by atoms with van der Waals surface area (Å²) in [6.45, 7) is 9.69. The predicted octanol–water partition coefficient (Wildman–Crippen LogP) is 5.11. The summed E-state index contributed by atoms with van der Waals surface area (Å²) in [5.74, 6) is 1.12. The lowest BCUT2D eigenvalue weighted by atomic mass is 9.96. The zero-order chi connectivity index (χ0) is 18.0. The lowest BCUT2D eigenvalue weighted by Gasteiger charge is -2.29. The third-order valence-corrected chi connectivity index (χ3v) is 4.97. The lowest BCUT2D eigenvalue weighted by molar-refractivity contribution is 0.736. The summed E-state index contributed by atoms with van der Waals surface area (Å²) in [6.07, 6.45) is 9.99. The van der Waals surface area contributed by atoms with E-state index in [1.165, 1.54) is 28.1 Å². The highest BCUT2D eigenvalue weighted by Crippen LogP contribution is 2.38. The SMILES string of the molecule is CC/C=C(\CCC)c1c2c(nn1C)N(c1cnc(C)cc1C)CCC2. The quantitative estimate of drug-likeness (QED) is 0.759. The molecule has 3 rings (SSSR count). The molecule has 0 spiro atoms. The van der Waals surface area contributed by atoms with Crippen molar-refractivity contribution in [3.63, 3.8) is 0 Å². The van der Waals surface area contributed by atoms with Gasteiger partial charge in [0.25, 0.3) is 0 Å². The van der Waals surface area contributed by atoms with E-state index in [0.29, 0.717) is 0 Å². The molecule has 2 aromatic heterocycles. The summed E-state index contributed by atoms with van der Waals surface area (Å²) in [7, 11) is 2.09. The first-order valence-electron chi connectivity index (χ1n) is 9.52. The van der Waals surface area contributed by atoms with E-state index >= 15 is 0 Å². The van der Waals surface area contributed by atoms with Gasteiger partial charge in [0.05, 0.1) is 17.6 Å². The van der Waals surface area contributed by atoms with Gasteiger partial charge in [0.1, 0.15) is 0 Å². The van der Waals surface area contributed by atoms with Crippen LogP contribution in [0.15, 0.2) is 18.3 Å². The number of aryl methyl sites for hydroxylation is 3. The highest BCUT2D eigenvalue weighted by molar-refractivity contribution is 5.75. The van der Waals surface area contributed by atoms with Crippen LogP contribution in [-0.4, -0.2) is 21.3 Å². The van der Waals surface area contributed by atoms with Crippen molar-refractivity contribution in [2.24, 2.45) is 7.05 Å². The van der Waals surface area contributed by atoms with Gasteiger partial charge in [-0.15, -0.1) is 0 Å². The molecule has 0 saturated carbocycles. The lowest BCUT2D eigenvalue weighted by Crippen LogP contribution is -2.25. The normalized spacial score (nSPS) is 14.8. The molecule has 0 amide bonds. The number of hydrogen-bond acceptors (Lipinski definition) is 3.